The fourth-order valence-electron chi connectivity index (χ4n) is 2.02. The molecule has 0 aromatic heterocycles. The van der Waals surface area contributed by atoms with Crippen molar-refractivity contribution in [1.29, 1.82) is 0 Å². The van der Waals surface area contributed by atoms with Crippen LogP contribution in [0.2, 0.25) is 0 Å². The molecule has 2 rings (SSSR count). The number of nitrogens with zero attached hydrogens (tertiary/aromatic N) is 1. The molecular weight excluding hydrogens is 266 g/mol. The molecule has 0 fully saturated rings. The van der Waals surface area contributed by atoms with Gasteiger partial charge in [-0.2, -0.15) is 0 Å². The van der Waals surface area contributed by atoms with E-state index in [1.165, 1.54) is 11.8 Å². The molecule has 0 aliphatic heterocycles. The predicted molar refractivity (Wildman–Crippen MR) is 82.5 cm³/mol. The normalized spacial score (nSPS) is 10.8. The van der Waals surface area contributed by atoms with E-state index in [1.54, 1.807) is 6.07 Å². The third kappa shape index (κ3) is 4.24. The number of aryl methyl sites for hydroxylation is 1. The highest BCUT2D eigenvalue weighted by Gasteiger charge is 2.06. The molecule has 0 radical (unpaired) electrons. The van der Waals surface area contributed by atoms with Crippen LogP contribution in [0.1, 0.15) is 23.6 Å². The third-order valence-corrected chi connectivity index (χ3v) is 2.95. The SMILES string of the molecule is CCOc1cc(C=NO)ccc1OCc1cccc(C)c1. The third-order valence-electron chi connectivity index (χ3n) is 2.95. The van der Waals surface area contributed by atoms with Crippen molar-refractivity contribution in [1.82, 2.24) is 0 Å². The summed E-state index contributed by atoms with van der Waals surface area (Å²) in [5.74, 6) is 1.32. The standard InChI is InChI=1S/C17H19NO3/c1-3-20-17-10-14(11-18-19)7-8-16(17)21-12-15-6-4-5-13(2)9-15/h4-11,19H,3,12H2,1-2H3. The van der Waals surface area contributed by atoms with E-state index in [-0.39, 0.29) is 0 Å². The predicted octanol–water partition coefficient (Wildman–Crippen LogP) is 3.78. The maximum atomic E-state index is 8.59. The maximum absolute atomic E-state index is 8.59. The van der Waals surface area contributed by atoms with E-state index in [9.17, 15) is 0 Å². The van der Waals surface area contributed by atoms with Gasteiger partial charge in [0.25, 0.3) is 0 Å². The largest absolute Gasteiger partial charge is 0.490 e. The maximum Gasteiger partial charge on any atom is 0.161 e. The lowest BCUT2D eigenvalue weighted by Crippen LogP contribution is -2.00. The van der Waals surface area contributed by atoms with Gasteiger partial charge in [0, 0.05) is 5.56 Å². The van der Waals surface area contributed by atoms with Crippen molar-refractivity contribution >= 4 is 6.21 Å². The fraction of sp³-hybridized carbons (Fsp3) is 0.235. The lowest BCUT2D eigenvalue weighted by atomic mass is 10.1. The first-order chi connectivity index (χ1) is 10.2. The van der Waals surface area contributed by atoms with Gasteiger partial charge in [0.2, 0.25) is 0 Å². The lowest BCUT2D eigenvalue weighted by Gasteiger charge is -2.12. The smallest absolute Gasteiger partial charge is 0.161 e. The monoisotopic (exact) mass is 285 g/mol. The van der Waals surface area contributed by atoms with Crippen LogP contribution in [0, 0.1) is 6.92 Å². The molecule has 0 spiro atoms. The van der Waals surface area contributed by atoms with Crippen molar-refractivity contribution in [3.8, 4) is 11.5 Å². The van der Waals surface area contributed by atoms with Gasteiger partial charge in [0.1, 0.15) is 6.61 Å². The van der Waals surface area contributed by atoms with Crippen LogP contribution in [0.5, 0.6) is 11.5 Å². The van der Waals surface area contributed by atoms with E-state index in [0.717, 1.165) is 11.1 Å². The van der Waals surface area contributed by atoms with Gasteiger partial charge in [-0.3, -0.25) is 0 Å². The first-order valence-corrected chi connectivity index (χ1v) is 6.85. The van der Waals surface area contributed by atoms with Gasteiger partial charge < -0.3 is 14.7 Å². The second-order valence-electron chi connectivity index (χ2n) is 4.66. The van der Waals surface area contributed by atoms with Crippen LogP contribution in [0.15, 0.2) is 47.6 Å². The zero-order valence-corrected chi connectivity index (χ0v) is 12.2. The topological polar surface area (TPSA) is 51.0 Å². The molecule has 2 aromatic carbocycles. The van der Waals surface area contributed by atoms with Crippen LogP contribution in [-0.2, 0) is 6.61 Å². The van der Waals surface area contributed by atoms with Gasteiger partial charge in [-0.1, -0.05) is 35.0 Å². The molecule has 0 unspecified atom stereocenters. The highest BCUT2D eigenvalue weighted by molar-refractivity contribution is 5.80. The summed E-state index contributed by atoms with van der Waals surface area (Å²) in [5, 5.41) is 11.6. The number of ether oxygens (including phenoxy) is 2. The second-order valence-corrected chi connectivity index (χ2v) is 4.66. The Hall–Kier alpha value is -2.49. The van der Waals surface area contributed by atoms with Crippen molar-refractivity contribution in [3.05, 3.63) is 59.2 Å². The quantitative estimate of drug-likeness (QED) is 0.499. The Morgan fingerprint density at radius 1 is 1.10 bits per heavy atom. The Morgan fingerprint density at radius 3 is 2.67 bits per heavy atom. The summed E-state index contributed by atoms with van der Waals surface area (Å²) in [6.45, 7) is 4.99. The first kappa shape index (κ1) is 14.9. The molecule has 0 saturated carbocycles. The molecule has 1 N–H and O–H groups in total. The Bertz CT molecular complexity index is 623. The average molecular weight is 285 g/mol. The Morgan fingerprint density at radius 2 is 1.95 bits per heavy atom. The van der Waals surface area contributed by atoms with Gasteiger partial charge in [-0.15, -0.1) is 0 Å². The van der Waals surface area contributed by atoms with Gasteiger partial charge >= 0.3 is 0 Å². The van der Waals surface area contributed by atoms with Crippen molar-refractivity contribution in [2.45, 2.75) is 20.5 Å². The molecule has 0 saturated heterocycles. The van der Waals surface area contributed by atoms with Crippen LogP contribution in [-0.4, -0.2) is 18.0 Å². The minimum Gasteiger partial charge on any atom is -0.490 e. The summed E-state index contributed by atoms with van der Waals surface area (Å²) in [6, 6.07) is 13.6. The van der Waals surface area contributed by atoms with E-state index < -0.39 is 0 Å². The number of hydrogen-bond acceptors (Lipinski definition) is 4. The van der Waals surface area contributed by atoms with E-state index >= 15 is 0 Å². The van der Waals surface area contributed by atoms with Crippen LogP contribution in [0.4, 0.5) is 0 Å². The lowest BCUT2D eigenvalue weighted by molar-refractivity contribution is 0.269. The van der Waals surface area contributed by atoms with Gasteiger partial charge in [-0.05, 0) is 37.6 Å². The number of oxime groups is 1. The number of hydrogen-bond donors (Lipinski definition) is 1. The first-order valence-electron chi connectivity index (χ1n) is 6.85. The van der Waals surface area contributed by atoms with Crippen LogP contribution in [0.3, 0.4) is 0 Å². The molecule has 0 bridgehead atoms. The van der Waals surface area contributed by atoms with E-state index in [1.807, 2.05) is 31.2 Å². The Kier molecular flexibility index (Phi) is 5.21. The summed E-state index contributed by atoms with van der Waals surface area (Å²) in [4.78, 5) is 0. The summed E-state index contributed by atoms with van der Waals surface area (Å²) in [6.07, 6.45) is 1.35. The van der Waals surface area contributed by atoms with E-state index in [4.69, 9.17) is 14.7 Å². The van der Waals surface area contributed by atoms with Crippen LogP contribution in [0.25, 0.3) is 0 Å². The van der Waals surface area contributed by atoms with Crippen LogP contribution < -0.4 is 9.47 Å². The van der Waals surface area contributed by atoms with Crippen molar-refractivity contribution in [2.75, 3.05) is 6.61 Å². The molecule has 0 heterocycles. The minimum atomic E-state index is 0.481. The summed E-state index contributed by atoms with van der Waals surface area (Å²) in [5.41, 5.74) is 3.07. The average Bonchev–Trinajstić information content (AvgIpc) is 2.47. The van der Waals surface area contributed by atoms with Gasteiger partial charge in [0.05, 0.1) is 12.8 Å². The molecule has 21 heavy (non-hydrogen) atoms. The molecule has 0 aliphatic rings. The summed E-state index contributed by atoms with van der Waals surface area (Å²) < 4.78 is 11.4. The number of rotatable bonds is 6. The molecule has 4 nitrogen and oxygen atoms in total. The highest BCUT2D eigenvalue weighted by Crippen LogP contribution is 2.29. The number of benzene rings is 2. The molecule has 2 aromatic rings. The minimum absolute atomic E-state index is 0.481. The zero-order chi connectivity index (χ0) is 15.1. The molecule has 0 atom stereocenters. The van der Waals surface area contributed by atoms with Crippen molar-refractivity contribution in [2.24, 2.45) is 5.16 Å². The van der Waals surface area contributed by atoms with Gasteiger partial charge in [-0.25, -0.2) is 0 Å². The summed E-state index contributed by atoms with van der Waals surface area (Å²) in [7, 11) is 0. The molecule has 0 amide bonds. The highest BCUT2D eigenvalue weighted by atomic mass is 16.5. The molecule has 0 aliphatic carbocycles. The van der Waals surface area contributed by atoms with E-state index in [2.05, 4.69) is 24.2 Å². The second kappa shape index (κ2) is 7.33. The van der Waals surface area contributed by atoms with Gasteiger partial charge in [0.15, 0.2) is 11.5 Å². The molecule has 4 heteroatoms. The van der Waals surface area contributed by atoms with Crippen LogP contribution >= 0.6 is 0 Å². The molecular formula is C17H19NO3. The van der Waals surface area contributed by atoms with E-state index in [0.29, 0.717) is 24.7 Å². The Balaban J connectivity index is 2.14. The summed E-state index contributed by atoms with van der Waals surface area (Å²) >= 11 is 0. The fourth-order valence-corrected chi connectivity index (χ4v) is 2.02. The van der Waals surface area contributed by atoms with Crippen molar-refractivity contribution in [3.63, 3.8) is 0 Å². The van der Waals surface area contributed by atoms with Crippen molar-refractivity contribution < 1.29 is 14.7 Å². The zero-order valence-electron chi connectivity index (χ0n) is 12.2. The molecule has 110 valence electrons. The Labute approximate surface area is 124 Å².